The van der Waals surface area contributed by atoms with E-state index in [1.54, 1.807) is 6.07 Å². The van der Waals surface area contributed by atoms with E-state index in [1.807, 2.05) is 6.07 Å². The summed E-state index contributed by atoms with van der Waals surface area (Å²) in [5.41, 5.74) is 0.758. The maximum atomic E-state index is 13.3. The Bertz CT molecular complexity index is 567. The summed E-state index contributed by atoms with van der Waals surface area (Å²) in [4.78, 5) is 0. The van der Waals surface area contributed by atoms with E-state index in [9.17, 15) is 4.39 Å². The highest BCUT2D eigenvalue weighted by Crippen LogP contribution is 2.28. The molecule has 18 heavy (non-hydrogen) atoms. The highest BCUT2D eigenvalue weighted by Gasteiger charge is 2.24. The molecular weight excluding hydrogens is 233 g/mol. The van der Waals surface area contributed by atoms with Crippen LogP contribution in [0.1, 0.15) is 25.2 Å². The van der Waals surface area contributed by atoms with E-state index >= 15 is 0 Å². The number of hydrogen-bond donors (Lipinski definition) is 0. The lowest BCUT2D eigenvalue weighted by molar-refractivity contribution is 0.0542. The number of nitrogens with zero attached hydrogens (tertiary/aromatic N) is 3. The maximum Gasteiger partial charge on any atom is 0.164 e. The average Bonchev–Trinajstić information content (AvgIpc) is 2.82. The molecule has 0 amide bonds. The quantitative estimate of drug-likeness (QED) is 0.818. The fourth-order valence-corrected chi connectivity index (χ4v) is 2.29. The van der Waals surface area contributed by atoms with Crippen molar-refractivity contribution in [2.24, 2.45) is 0 Å². The first-order valence-corrected chi connectivity index (χ1v) is 6.07. The summed E-state index contributed by atoms with van der Waals surface area (Å²) >= 11 is 0. The van der Waals surface area contributed by atoms with Gasteiger partial charge in [0.05, 0.1) is 12.6 Å². The molecule has 0 saturated heterocycles. The molecule has 4 nitrogen and oxygen atoms in total. The second kappa shape index (κ2) is 4.49. The van der Waals surface area contributed by atoms with Gasteiger partial charge < -0.3 is 9.30 Å². The first-order valence-electron chi connectivity index (χ1n) is 6.07. The van der Waals surface area contributed by atoms with Crippen LogP contribution in [0.15, 0.2) is 24.3 Å². The highest BCUT2D eigenvalue weighted by molar-refractivity contribution is 5.55. The average molecular weight is 247 g/mol. The molecule has 1 unspecified atom stereocenters. The summed E-state index contributed by atoms with van der Waals surface area (Å²) in [7, 11) is 0. The van der Waals surface area contributed by atoms with E-state index < -0.39 is 0 Å². The predicted molar refractivity (Wildman–Crippen MR) is 64.4 cm³/mol. The molecule has 0 fully saturated rings. The molecule has 0 spiro atoms. The van der Waals surface area contributed by atoms with Crippen LogP contribution in [0, 0.1) is 5.82 Å². The van der Waals surface area contributed by atoms with Gasteiger partial charge in [-0.05, 0) is 18.6 Å². The van der Waals surface area contributed by atoms with Crippen LogP contribution < -0.4 is 0 Å². The Kier molecular flexibility index (Phi) is 2.83. The lowest BCUT2D eigenvalue weighted by Gasteiger charge is -2.25. The van der Waals surface area contributed by atoms with Crippen molar-refractivity contribution in [2.45, 2.75) is 26.0 Å². The van der Waals surface area contributed by atoms with E-state index in [1.165, 1.54) is 12.1 Å². The zero-order valence-corrected chi connectivity index (χ0v) is 10.1. The van der Waals surface area contributed by atoms with Crippen molar-refractivity contribution in [2.75, 3.05) is 6.61 Å². The van der Waals surface area contributed by atoms with Gasteiger partial charge in [0, 0.05) is 5.56 Å². The Hall–Kier alpha value is -1.75. The molecule has 1 aromatic heterocycles. The molecule has 1 aliphatic rings. The van der Waals surface area contributed by atoms with Crippen molar-refractivity contribution in [1.29, 1.82) is 0 Å². The number of hydrogen-bond acceptors (Lipinski definition) is 3. The van der Waals surface area contributed by atoms with Gasteiger partial charge >= 0.3 is 0 Å². The van der Waals surface area contributed by atoms with Crippen molar-refractivity contribution >= 4 is 0 Å². The zero-order chi connectivity index (χ0) is 12.5. The molecule has 0 N–H and O–H groups in total. The lowest BCUT2D eigenvalue weighted by Crippen LogP contribution is -2.23. The topological polar surface area (TPSA) is 39.9 Å². The lowest BCUT2D eigenvalue weighted by atomic mass is 10.1. The van der Waals surface area contributed by atoms with E-state index in [0.717, 1.165) is 23.6 Å². The number of benzene rings is 1. The largest absolute Gasteiger partial charge is 0.371 e. The minimum Gasteiger partial charge on any atom is -0.371 e. The summed E-state index contributed by atoms with van der Waals surface area (Å²) in [5.74, 6) is 1.27. The minimum absolute atomic E-state index is 0.224. The van der Waals surface area contributed by atoms with Gasteiger partial charge in [-0.1, -0.05) is 19.1 Å². The first-order chi connectivity index (χ1) is 8.79. The van der Waals surface area contributed by atoms with Crippen LogP contribution in [0.2, 0.25) is 0 Å². The molecule has 2 heterocycles. The first kappa shape index (κ1) is 11.3. The molecule has 0 radical (unpaired) electrons. The smallest absolute Gasteiger partial charge is 0.164 e. The van der Waals surface area contributed by atoms with Gasteiger partial charge in [0.2, 0.25) is 0 Å². The molecule has 1 aliphatic heterocycles. The fraction of sp³-hybridized carbons (Fsp3) is 0.385. The van der Waals surface area contributed by atoms with Crippen LogP contribution in [0.4, 0.5) is 4.39 Å². The normalized spacial score (nSPS) is 18.7. The van der Waals surface area contributed by atoms with Gasteiger partial charge in [-0.2, -0.15) is 0 Å². The molecule has 0 saturated carbocycles. The molecule has 0 aliphatic carbocycles. The number of aromatic nitrogens is 3. The van der Waals surface area contributed by atoms with Crippen molar-refractivity contribution in [1.82, 2.24) is 14.8 Å². The van der Waals surface area contributed by atoms with Gasteiger partial charge in [-0.3, -0.25) is 0 Å². The molecule has 5 heteroatoms. The van der Waals surface area contributed by atoms with Crippen LogP contribution in [0.5, 0.6) is 0 Å². The summed E-state index contributed by atoms with van der Waals surface area (Å²) < 4.78 is 20.8. The Morgan fingerprint density at radius 2 is 2.33 bits per heavy atom. The Morgan fingerprint density at radius 1 is 1.44 bits per heavy atom. The van der Waals surface area contributed by atoms with Crippen LogP contribution in [-0.2, 0) is 11.3 Å². The molecular formula is C13H14FN3O. The van der Waals surface area contributed by atoms with Gasteiger partial charge in [-0.25, -0.2) is 4.39 Å². The number of rotatable bonds is 2. The summed E-state index contributed by atoms with van der Waals surface area (Å²) in [5, 5.41) is 8.30. The second-order valence-corrected chi connectivity index (χ2v) is 4.40. The van der Waals surface area contributed by atoms with E-state index in [-0.39, 0.29) is 11.9 Å². The molecule has 94 valence electrons. The highest BCUT2D eigenvalue weighted by atomic mass is 19.1. The monoisotopic (exact) mass is 247 g/mol. The maximum absolute atomic E-state index is 13.3. The summed E-state index contributed by atoms with van der Waals surface area (Å²) in [6.07, 6.45) is 0.938. The van der Waals surface area contributed by atoms with Crippen LogP contribution in [-0.4, -0.2) is 21.4 Å². The van der Waals surface area contributed by atoms with Crippen LogP contribution >= 0.6 is 0 Å². The van der Waals surface area contributed by atoms with Crippen LogP contribution in [0.25, 0.3) is 11.4 Å². The third kappa shape index (κ3) is 1.80. The standard InChI is InChI=1S/C13H14FN3O/c1-2-11-7-18-8-12-15-16-13(17(11)12)9-4-3-5-10(14)6-9/h3-6,11H,2,7-8H2,1H3. The molecule has 3 rings (SSSR count). The second-order valence-electron chi connectivity index (χ2n) is 4.40. The molecule has 1 aromatic carbocycles. The molecule has 1 atom stereocenters. The van der Waals surface area contributed by atoms with Gasteiger partial charge in [0.25, 0.3) is 0 Å². The number of ether oxygens (including phenoxy) is 1. The fourth-order valence-electron chi connectivity index (χ4n) is 2.29. The van der Waals surface area contributed by atoms with E-state index in [2.05, 4.69) is 21.7 Å². The SMILES string of the molecule is CCC1COCc2nnc(-c3cccc(F)c3)n21. The van der Waals surface area contributed by atoms with E-state index in [0.29, 0.717) is 13.2 Å². The number of halogens is 1. The zero-order valence-electron chi connectivity index (χ0n) is 10.1. The van der Waals surface area contributed by atoms with Crippen molar-refractivity contribution in [3.8, 4) is 11.4 Å². The Balaban J connectivity index is 2.11. The van der Waals surface area contributed by atoms with Crippen molar-refractivity contribution in [3.63, 3.8) is 0 Å². The van der Waals surface area contributed by atoms with Crippen LogP contribution in [0.3, 0.4) is 0 Å². The van der Waals surface area contributed by atoms with Gasteiger partial charge in [-0.15, -0.1) is 10.2 Å². The predicted octanol–water partition coefficient (Wildman–Crippen LogP) is 2.57. The summed E-state index contributed by atoms with van der Waals surface area (Å²) in [6.45, 7) is 3.22. The Labute approximate surface area is 104 Å². The molecule has 2 aromatic rings. The molecule has 0 bridgehead atoms. The minimum atomic E-state index is -0.259. The van der Waals surface area contributed by atoms with E-state index in [4.69, 9.17) is 4.74 Å². The summed E-state index contributed by atoms with van der Waals surface area (Å²) in [6, 6.07) is 6.67. The van der Waals surface area contributed by atoms with Crippen molar-refractivity contribution < 1.29 is 9.13 Å². The number of fused-ring (bicyclic) bond motifs is 1. The van der Waals surface area contributed by atoms with Gasteiger partial charge in [0.15, 0.2) is 11.6 Å². The Morgan fingerprint density at radius 3 is 3.11 bits per heavy atom. The van der Waals surface area contributed by atoms with Gasteiger partial charge in [0.1, 0.15) is 12.4 Å². The third-order valence-electron chi connectivity index (χ3n) is 3.23. The van der Waals surface area contributed by atoms with Crippen molar-refractivity contribution in [3.05, 3.63) is 35.9 Å². The third-order valence-corrected chi connectivity index (χ3v) is 3.23.